The van der Waals surface area contributed by atoms with Gasteiger partial charge in [-0.1, -0.05) is 39.8 Å². The van der Waals surface area contributed by atoms with Crippen molar-refractivity contribution in [2.45, 2.75) is 85.7 Å². The number of rotatable bonds is 22. The molecule has 0 aromatic carbocycles. The molecule has 10 nitrogen and oxygen atoms in total. The van der Waals surface area contributed by atoms with Crippen molar-refractivity contribution in [1.82, 2.24) is 16.0 Å². The van der Waals surface area contributed by atoms with E-state index < -0.39 is 20.8 Å². The van der Waals surface area contributed by atoms with Crippen molar-refractivity contribution in [3.8, 4) is 0 Å². The molecule has 42 heavy (non-hydrogen) atoms. The molecule has 244 valence electrons. The second kappa shape index (κ2) is 20.1. The number of carbonyl (C=O) groups excluding carboxylic acids is 2. The molecule has 0 saturated heterocycles. The summed E-state index contributed by atoms with van der Waals surface area (Å²) < 4.78 is 28.5. The van der Waals surface area contributed by atoms with E-state index in [2.05, 4.69) is 49.9 Å². The second-order valence-electron chi connectivity index (χ2n) is 12.5. The molecule has 3 amide bonds. The summed E-state index contributed by atoms with van der Waals surface area (Å²) in [5, 5.41) is 9.14. The summed E-state index contributed by atoms with van der Waals surface area (Å²) in [4.78, 5) is 25.5. The maximum atomic E-state index is 12.8. The van der Waals surface area contributed by atoms with Gasteiger partial charge in [0.15, 0.2) is 0 Å². The normalized spacial score (nSPS) is 20.1. The number of urea groups is 1. The molecular formula is C31H59N3O7Si. The standard InChI is InChI=1S/C31H59N3O7Si/c1-9-16-37-23-31(11-3,24-38-17-10-2)25-39-28(36)33-22-30(8)20-26(19-29(6,7)21-30)34-27(35)32-15-14-18-42(40-12-4)41-13-5/h9-10,26,42H,1-2,11-25H2,3-8H3,(H,33,36)(H2,32,34,35). The first kappa shape index (κ1) is 38.1. The Morgan fingerprint density at radius 3 is 2.12 bits per heavy atom. The molecule has 1 saturated carbocycles. The fourth-order valence-corrected chi connectivity index (χ4v) is 7.58. The number of hydrogen-bond acceptors (Lipinski definition) is 7. The van der Waals surface area contributed by atoms with Gasteiger partial charge in [0, 0.05) is 32.3 Å². The third kappa shape index (κ3) is 15.5. The Hall–Kier alpha value is -1.92. The van der Waals surface area contributed by atoms with Crippen LogP contribution in [0.1, 0.15) is 73.6 Å². The Balaban J connectivity index is 2.62. The molecule has 2 atom stereocenters. The quantitative estimate of drug-likeness (QED) is 0.0886. The third-order valence-electron chi connectivity index (χ3n) is 7.59. The molecule has 0 heterocycles. The van der Waals surface area contributed by atoms with Crippen molar-refractivity contribution >= 4 is 21.4 Å². The molecule has 0 aromatic rings. The van der Waals surface area contributed by atoms with Crippen LogP contribution in [0.5, 0.6) is 0 Å². The minimum atomic E-state index is -1.65. The Labute approximate surface area is 256 Å². The van der Waals surface area contributed by atoms with Crippen LogP contribution < -0.4 is 16.0 Å². The van der Waals surface area contributed by atoms with E-state index in [0.717, 1.165) is 38.1 Å². The average Bonchev–Trinajstić information content (AvgIpc) is 2.92. The van der Waals surface area contributed by atoms with Crippen LogP contribution in [0.25, 0.3) is 0 Å². The van der Waals surface area contributed by atoms with Crippen molar-refractivity contribution in [3.05, 3.63) is 25.3 Å². The van der Waals surface area contributed by atoms with Gasteiger partial charge in [0.25, 0.3) is 0 Å². The monoisotopic (exact) mass is 613 g/mol. The van der Waals surface area contributed by atoms with E-state index in [1.54, 1.807) is 12.2 Å². The highest BCUT2D eigenvalue weighted by Gasteiger charge is 2.42. The van der Waals surface area contributed by atoms with Crippen LogP contribution in [0.15, 0.2) is 25.3 Å². The van der Waals surface area contributed by atoms with Gasteiger partial charge in [0.1, 0.15) is 6.61 Å². The van der Waals surface area contributed by atoms with E-state index in [1.807, 2.05) is 20.8 Å². The van der Waals surface area contributed by atoms with E-state index in [9.17, 15) is 9.59 Å². The summed E-state index contributed by atoms with van der Waals surface area (Å²) in [5.41, 5.74) is -0.654. The third-order valence-corrected chi connectivity index (χ3v) is 9.88. The van der Waals surface area contributed by atoms with Crippen LogP contribution in [0.4, 0.5) is 9.59 Å². The van der Waals surface area contributed by atoms with Crippen LogP contribution >= 0.6 is 0 Å². The van der Waals surface area contributed by atoms with Crippen molar-refractivity contribution in [3.63, 3.8) is 0 Å². The second-order valence-corrected chi connectivity index (χ2v) is 14.6. The molecule has 0 bridgehead atoms. The van der Waals surface area contributed by atoms with Crippen LogP contribution in [0.2, 0.25) is 6.04 Å². The van der Waals surface area contributed by atoms with Crippen molar-refractivity contribution in [2.75, 3.05) is 59.3 Å². The Kier molecular flexibility index (Phi) is 18.2. The zero-order valence-electron chi connectivity index (χ0n) is 27.2. The SMILES string of the molecule is C=CCOCC(CC)(COCC=C)COC(=O)NCC1(C)CC(NC(=O)NCCC[SiH](OCC)OCC)CC(C)(C)C1. The number of hydrogen-bond donors (Lipinski definition) is 3. The summed E-state index contributed by atoms with van der Waals surface area (Å²) in [6.45, 7) is 24.1. The highest BCUT2D eigenvalue weighted by atomic mass is 28.3. The highest BCUT2D eigenvalue weighted by molar-refractivity contribution is 6.44. The summed E-state index contributed by atoms with van der Waals surface area (Å²) in [5.74, 6) is 0. The van der Waals surface area contributed by atoms with Crippen molar-refractivity contribution < 1.29 is 32.7 Å². The summed E-state index contributed by atoms with van der Waals surface area (Å²) in [7, 11) is -1.65. The fourth-order valence-electron chi connectivity index (χ4n) is 5.87. The van der Waals surface area contributed by atoms with Crippen LogP contribution in [0, 0.1) is 16.2 Å². The first-order valence-electron chi connectivity index (χ1n) is 15.5. The van der Waals surface area contributed by atoms with Gasteiger partial charge in [-0.15, -0.1) is 13.2 Å². The zero-order chi connectivity index (χ0) is 31.5. The maximum absolute atomic E-state index is 12.8. The van der Waals surface area contributed by atoms with Gasteiger partial charge in [-0.3, -0.25) is 0 Å². The summed E-state index contributed by atoms with van der Waals surface area (Å²) >= 11 is 0. The predicted octanol–water partition coefficient (Wildman–Crippen LogP) is 5.08. The van der Waals surface area contributed by atoms with Crippen molar-refractivity contribution in [1.29, 1.82) is 0 Å². The lowest BCUT2D eigenvalue weighted by atomic mass is 9.62. The minimum Gasteiger partial charge on any atom is -0.449 e. The van der Waals surface area contributed by atoms with Gasteiger partial charge in [-0.05, 0) is 62.8 Å². The van der Waals surface area contributed by atoms with Gasteiger partial charge >= 0.3 is 21.4 Å². The van der Waals surface area contributed by atoms with Gasteiger partial charge < -0.3 is 39.0 Å². The first-order valence-corrected chi connectivity index (χ1v) is 17.3. The maximum Gasteiger partial charge on any atom is 0.407 e. The largest absolute Gasteiger partial charge is 0.449 e. The van der Waals surface area contributed by atoms with Gasteiger partial charge in [-0.25, -0.2) is 9.59 Å². The smallest absolute Gasteiger partial charge is 0.407 e. The Morgan fingerprint density at radius 2 is 1.57 bits per heavy atom. The molecule has 0 radical (unpaired) electrons. The van der Waals surface area contributed by atoms with Crippen LogP contribution in [-0.4, -0.2) is 86.8 Å². The molecule has 11 heteroatoms. The average molecular weight is 614 g/mol. The van der Waals surface area contributed by atoms with Gasteiger partial charge in [0.2, 0.25) is 0 Å². The van der Waals surface area contributed by atoms with E-state index in [-0.39, 0.29) is 29.5 Å². The molecule has 1 aliphatic carbocycles. The number of alkyl carbamates (subject to hydrolysis) is 1. The number of carbonyl (C=O) groups is 2. The number of amides is 3. The lowest BCUT2D eigenvalue weighted by molar-refractivity contribution is -0.0466. The lowest BCUT2D eigenvalue weighted by Crippen LogP contribution is -2.52. The molecule has 1 fully saturated rings. The molecule has 1 aliphatic rings. The predicted molar refractivity (Wildman–Crippen MR) is 170 cm³/mol. The molecule has 1 rings (SSSR count). The topological polar surface area (TPSA) is 116 Å². The Bertz CT molecular complexity index is 793. The first-order chi connectivity index (χ1) is 20.0. The van der Waals surface area contributed by atoms with E-state index in [1.165, 1.54) is 0 Å². The Morgan fingerprint density at radius 1 is 0.952 bits per heavy atom. The van der Waals surface area contributed by atoms with Crippen molar-refractivity contribution in [2.24, 2.45) is 16.2 Å². The number of nitrogens with one attached hydrogen (secondary N) is 3. The van der Waals surface area contributed by atoms with E-state index in [0.29, 0.717) is 52.7 Å². The highest BCUT2D eigenvalue weighted by Crippen LogP contribution is 2.45. The molecule has 0 aromatic heterocycles. The summed E-state index contributed by atoms with van der Waals surface area (Å²) in [6.07, 6.45) is 7.02. The molecule has 0 spiro atoms. The molecular weight excluding hydrogens is 554 g/mol. The van der Waals surface area contributed by atoms with Crippen LogP contribution in [0.3, 0.4) is 0 Å². The zero-order valence-corrected chi connectivity index (χ0v) is 28.3. The molecule has 3 N–H and O–H groups in total. The minimum absolute atomic E-state index is 0.00213. The van der Waals surface area contributed by atoms with Crippen LogP contribution in [-0.2, 0) is 23.1 Å². The lowest BCUT2D eigenvalue weighted by Gasteiger charge is -2.46. The molecule has 2 unspecified atom stereocenters. The summed E-state index contributed by atoms with van der Waals surface area (Å²) in [6, 6.07) is 0.704. The van der Waals surface area contributed by atoms with Gasteiger partial charge in [0.05, 0.1) is 31.8 Å². The van der Waals surface area contributed by atoms with E-state index in [4.69, 9.17) is 23.1 Å². The van der Waals surface area contributed by atoms with E-state index >= 15 is 0 Å². The molecule has 0 aliphatic heterocycles. The van der Waals surface area contributed by atoms with Gasteiger partial charge in [-0.2, -0.15) is 0 Å². The number of ether oxygens (including phenoxy) is 3. The fraction of sp³-hybridized carbons (Fsp3) is 0.806.